The van der Waals surface area contributed by atoms with Gasteiger partial charge in [-0.3, -0.25) is 19.6 Å². The van der Waals surface area contributed by atoms with Gasteiger partial charge in [0.25, 0.3) is 11.6 Å². The molecule has 0 atom stereocenters. The average Bonchev–Trinajstić information content (AvgIpc) is 3.21. The minimum atomic E-state index is -0.558. The van der Waals surface area contributed by atoms with Crippen molar-refractivity contribution < 1.29 is 18.9 Å². The van der Waals surface area contributed by atoms with Gasteiger partial charge in [0.2, 0.25) is 0 Å². The fraction of sp³-hybridized carbons (Fsp3) is 0.222. The number of non-ortho nitro benzene ring substituents is 1. The first-order valence-electron chi connectivity index (χ1n) is 8.10. The number of nitro groups is 1. The summed E-state index contributed by atoms with van der Waals surface area (Å²) >= 11 is 0. The van der Waals surface area contributed by atoms with E-state index >= 15 is 0 Å². The highest BCUT2D eigenvalue weighted by Crippen LogP contribution is 2.26. The number of furan rings is 1. The van der Waals surface area contributed by atoms with Crippen molar-refractivity contribution >= 4 is 17.3 Å². The maximum Gasteiger partial charge on any atom is 0.291 e. The molecule has 1 aromatic carbocycles. The van der Waals surface area contributed by atoms with Gasteiger partial charge in [0, 0.05) is 17.8 Å². The fourth-order valence-electron chi connectivity index (χ4n) is 2.64. The number of amides is 1. The van der Waals surface area contributed by atoms with Gasteiger partial charge in [-0.1, -0.05) is 0 Å². The van der Waals surface area contributed by atoms with Crippen LogP contribution in [0.3, 0.4) is 0 Å². The number of methoxy groups -OCH3 is 1. The molecule has 0 fully saturated rings. The van der Waals surface area contributed by atoms with Crippen LogP contribution in [0, 0.1) is 24.0 Å². The molecule has 1 amide bonds. The summed E-state index contributed by atoms with van der Waals surface area (Å²) < 4.78 is 12.4. The number of carbonyl (C=O) groups excluding carboxylic acids is 1. The lowest BCUT2D eigenvalue weighted by Gasteiger charge is -2.06. The van der Waals surface area contributed by atoms with Crippen LogP contribution in [0.5, 0.6) is 5.75 Å². The molecule has 0 aliphatic carbocycles. The first-order chi connectivity index (χ1) is 12.9. The number of aryl methyl sites for hydroxylation is 2. The van der Waals surface area contributed by atoms with E-state index < -0.39 is 10.8 Å². The number of ether oxygens (including phenoxy) is 1. The molecule has 2 aromatic heterocycles. The summed E-state index contributed by atoms with van der Waals surface area (Å²) in [5.41, 5.74) is 1.94. The number of rotatable bonds is 6. The topological polar surface area (TPSA) is 112 Å². The molecular formula is C18H18N4O5. The summed E-state index contributed by atoms with van der Waals surface area (Å²) in [5.74, 6) is 0.418. The SMILES string of the molecule is COc1cc(NC(=O)c2ccc(Cn3nc(C)cc3C)o2)cc([N+](=O)[O-])c1. The Morgan fingerprint density at radius 1 is 1.30 bits per heavy atom. The Kier molecular flexibility index (Phi) is 4.93. The third kappa shape index (κ3) is 4.14. The molecule has 9 nitrogen and oxygen atoms in total. The van der Waals surface area contributed by atoms with Crippen LogP contribution in [0.2, 0.25) is 0 Å². The second kappa shape index (κ2) is 7.32. The second-order valence-corrected chi connectivity index (χ2v) is 5.98. The number of anilines is 1. The summed E-state index contributed by atoms with van der Waals surface area (Å²) in [5, 5.41) is 17.9. The molecule has 0 saturated carbocycles. The minimum Gasteiger partial charge on any atom is -0.496 e. The Bertz CT molecular complexity index is 1010. The van der Waals surface area contributed by atoms with Crippen molar-refractivity contribution in [3.8, 4) is 5.75 Å². The number of carbonyl (C=O) groups is 1. The lowest BCUT2D eigenvalue weighted by Crippen LogP contribution is -2.11. The zero-order chi connectivity index (χ0) is 19.6. The molecule has 1 N–H and O–H groups in total. The van der Waals surface area contributed by atoms with Crippen LogP contribution in [0.4, 0.5) is 11.4 Å². The smallest absolute Gasteiger partial charge is 0.291 e. The Labute approximate surface area is 154 Å². The van der Waals surface area contributed by atoms with Crippen molar-refractivity contribution in [1.29, 1.82) is 0 Å². The van der Waals surface area contributed by atoms with Gasteiger partial charge in [0.05, 0.1) is 36.0 Å². The number of hydrogen-bond acceptors (Lipinski definition) is 6. The summed E-state index contributed by atoms with van der Waals surface area (Å²) in [6.07, 6.45) is 0. The Balaban J connectivity index is 1.75. The summed E-state index contributed by atoms with van der Waals surface area (Å²) in [6, 6.07) is 9.20. The predicted molar refractivity (Wildman–Crippen MR) is 97.1 cm³/mol. The third-order valence-electron chi connectivity index (χ3n) is 3.89. The summed E-state index contributed by atoms with van der Waals surface area (Å²) in [4.78, 5) is 22.8. The van der Waals surface area contributed by atoms with Gasteiger partial charge in [-0.15, -0.1) is 0 Å². The van der Waals surface area contributed by atoms with Gasteiger partial charge in [-0.25, -0.2) is 0 Å². The molecule has 27 heavy (non-hydrogen) atoms. The number of nitrogens with one attached hydrogen (secondary N) is 1. The molecule has 2 heterocycles. The van der Waals surface area contributed by atoms with Crippen LogP contribution < -0.4 is 10.1 Å². The maximum absolute atomic E-state index is 12.4. The van der Waals surface area contributed by atoms with Crippen LogP contribution >= 0.6 is 0 Å². The highest BCUT2D eigenvalue weighted by molar-refractivity contribution is 6.02. The summed E-state index contributed by atoms with van der Waals surface area (Å²) in [7, 11) is 1.39. The third-order valence-corrected chi connectivity index (χ3v) is 3.89. The van der Waals surface area contributed by atoms with Crippen LogP contribution in [-0.2, 0) is 6.54 Å². The van der Waals surface area contributed by atoms with E-state index in [9.17, 15) is 14.9 Å². The van der Waals surface area contributed by atoms with Crippen molar-refractivity contribution in [3.63, 3.8) is 0 Å². The number of nitrogens with zero attached hydrogens (tertiary/aromatic N) is 3. The molecule has 0 bridgehead atoms. The van der Waals surface area contributed by atoms with E-state index in [1.165, 1.54) is 25.3 Å². The number of aromatic nitrogens is 2. The van der Waals surface area contributed by atoms with E-state index in [0.717, 1.165) is 11.4 Å². The number of hydrogen-bond donors (Lipinski definition) is 1. The van der Waals surface area contributed by atoms with E-state index in [1.807, 2.05) is 19.9 Å². The van der Waals surface area contributed by atoms with E-state index in [4.69, 9.17) is 9.15 Å². The molecular weight excluding hydrogens is 352 g/mol. The van der Waals surface area contributed by atoms with Crippen LogP contribution in [0.1, 0.15) is 27.7 Å². The minimum absolute atomic E-state index is 0.0944. The maximum atomic E-state index is 12.4. The quantitative estimate of drug-likeness (QED) is 0.526. The van der Waals surface area contributed by atoms with Crippen molar-refractivity contribution in [2.24, 2.45) is 0 Å². The van der Waals surface area contributed by atoms with E-state index in [2.05, 4.69) is 10.4 Å². The first kappa shape index (κ1) is 18.2. The highest BCUT2D eigenvalue weighted by Gasteiger charge is 2.16. The average molecular weight is 370 g/mol. The molecule has 140 valence electrons. The van der Waals surface area contributed by atoms with Gasteiger partial charge in [0.15, 0.2) is 5.76 Å². The van der Waals surface area contributed by atoms with Crippen molar-refractivity contribution in [2.75, 3.05) is 12.4 Å². The van der Waals surface area contributed by atoms with Gasteiger partial charge in [-0.05, 0) is 32.0 Å². The van der Waals surface area contributed by atoms with Crippen LogP contribution in [-0.4, -0.2) is 27.7 Å². The van der Waals surface area contributed by atoms with Crippen molar-refractivity contribution in [2.45, 2.75) is 20.4 Å². The van der Waals surface area contributed by atoms with Gasteiger partial charge in [0.1, 0.15) is 11.5 Å². The van der Waals surface area contributed by atoms with E-state index in [0.29, 0.717) is 12.3 Å². The molecule has 0 saturated heterocycles. The van der Waals surface area contributed by atoms with Gasteiger partial charge >= 0.3 is 0 Å². The molecule has 3 rings (SSSR count). The molecule has 3 aromatic rings. The number of nitro benzene ring substituents is 1. The molecule has 0 radical (unpaired) electrons. The lowest BCUT2D eigenvalue weighted by molar-refractivity contribution is -0.384. The molecule has 0 spiro atoms. The Morgan fingerprint density at radius 3 is 2.70 bits per heavy atom. The monoisotopic (exact) mass is 370 g/mol. The van der Waals surface area contributed by atoms with E-state index in [1.54, 1.807) is 16.8 Å². The molecule has 0 aliphatic heterocycles. The highest BCUT2D eigenvalue weighted by atomic mass is 16.6. The molecule has 0 unspecified atom stereocenters. The zero-order valence-corrected chi connectivity index (χ0v) is 15.1. The first-order valence-corrected chi connectivity index (χ1v) is 8.10. The summed E-state index contributed by atoms with van der Waals surface area (Å²) in [6.45, 7) is 4.24. The molecule has 0 aliphatic rings. The predicted octanol–water partition coefficient (Wildman–Crippen LogP) is 3.31. The Hall–Kier alpha value is -3.62. The fourth-order valence-corrected chi connectivity index (χ4v) is 2.64. The molecule has 9 heteroatoms. The van der Waals surface area contributed by atoms with Crippen LogP contribution in [0.25, 0.3) is 0 Å². The van der Waals surface area contributed by atoms with Gasteiger partial charge in [-0.2, -0.15) is 5.10 Å². The lowest BCUT2D eigenvalue weighted by atomic mass is 10.2. The van der Waals surface area contributed by atoms with Crippen LogP contribution in [0.15, 0.2) is 40.8 Å². The second-order valence-electron chi connectivity index (χ2n) is 5.98. The van der Waals surface area contributed by atoms with Gasteiger partial charge < -0.3 is 14.5 Å². The van der Waals surface area contributed by atoms with Crippen molar-refractivity contribution in [1.82, 2.24) is 9.78 Å². The zero-order valence-electron chi connectivity index (χ0n) is 15.1. The van der Waals surface area contributed by atoms with E-state index in [-0.39, 0.29) is 22.9 Å². The number of benzene rings is 1. The largest absolute Gasteiger partial charge is 0.496 e. The van der Waals surface area contributed by atoms with Crippen molar-refractivity contribution in [3.05, 3.63) is 69.4 Å². The normalized spacial score (nSPS) is 10.6. The standard InChI is InChI=1S/C18H18N4O5/c1-11-6-12(2)21(20-11)10-15-4-5-17(27-15)18(23)19-13-7-14(22(24)25)9-16(8-13)26-3/h4-9H,10H2,1-3H3,(H,19,23). The Morgan fingerprint density at radius 2 is 2.07 bits per heavy atom.